The van der Waals surface area contributed by atoms with Gasteiger partial charge in [0.05, 0.1) is 11.3 Å². The Kier molecular flexibility index (Phi) is 4.39. The lowest BCUT2D eigenvalue weighted by atomic mass is 10.1. The minimum absolute atomic E-state index is 0.161. The van der Waals surface area contributed by atoms with Crippen LogP contribution in [0.1, 0.15) is 15.9 Å². The van der Waals surface area contributed by atoms with E-state index in [0.29, 0.717) is 45.6 Å². The second-order valence-corrected chi connectivity index (χ2v) is 7.30. The molecule has 156 valence electrons. The molecule has 5 rings (SSSR count). The predicted molar refractivity (Wildman–Crippen MR) is 116 cm³/mol. The van der Waals surface area contributed by atoms with Gasteiger partial charge in [0.2, 0.25) is 6.79 Å². The number of ether oxygens (including phenoxy) is 3. The average Bonchev–Trinajstić information content (AvgIpc) is 3.19. The van der Waals surface area contributed by atoms with Crippen LogP contribution in [0.5, 0.6) is 23.0 Å². The lowest BCUT2D eigenvalue weighted by Crippen LogP contribution is -2.25. The van der Waals surface area contributed by atoms with Gasteiger partial charge < -0.3 is 29.7 Å². The van der Waals surface area contributed by atoms with Gasteiger partial charge >= 0.3 is 6.03 Å². The number of rotatable bonds is 2. The van der Waals surface area contributed by atoms with Crippen molar-refractivity contribution in [2.24, 2.45) is 0 Å². The molecule has 3 amide bonds. The highest BCUT2D eigenvalue weighted by atomic mass is 16.7. The van der Waals surface area contributed by atoms with E-state index in [0.717, 1.165) is 5.56 Å². The van der Waals surface area contributed by atoms with Crippen molar-refractivity contribution in [1.82, 2.24) is 0 Å². The summed E-state index contributed by atoms with van der Waals surface area (Å²) in [7, 11) is 1.70. The molecule has 2 aliphatic rings. The Morgan fingerprint density at radius 2 is 1.55 bits per heavy atom. The van der Waals surface area contributed by atoms with Crippen LogP contribution in [0.2, 0.25) is 0 Å². The molecule has 0 unspecified atom stereocenters. The maximum absolute atomic E-state index is 13.0. The Labute approximate surface area is 178 Å². The quantitative estimate of drug-likeness (QED) is 0.628. The molecule has 3 aromatic rings. The van der Waals surface area contributed by atoms with Gasteiger partial charge in [-0.3, -0.25) is 4.79 Å². The van der Waals surface area contributed by atoms with Crippen molar-refractivity contribution < 1.29 is 23.8 Å². The SMILES string of the molecule is Cc1ccc2c(c1)N(C)C(=O)c1cc(NC(=O)Nc3ccc4c(c3)OCO4)ccc1O2. The number of anilines is 3. The van der Waals surface area contributed by atoms with Crippen molar-refractivity contribution in [3.8, 4) is 23.0 Å². The molecule has 8 heteroatoms. The lowest BCUT2D eigenvalue weighted by molar-refractivity contribution is 0.0993. The van der Waals surface area contributed by atoms with E-state index in [1.807, 2.05) is 25.1 Å². The normalized spacial score (nSPS) is 13.6. The summed E-state index contributed by atoms with van der Waals surface area (Å²) in [5.41, 5.74) is 3.09. The highest BCUT2D eigenvalue weighted by Gasteiger charge is 2.26. The van der Waals surface area contributed by atoms with Crippen molar-refractivity contribution in [1.29, 1.82) is 0 Å². The fraction of sp³-hybridized carbons (Fsp3) is 0.130. The summed E-state index contributed by atoms with van der Waals surface area (Å²) in [6.07, 6.45) is 0. The molecule has 3 aromatic carbocycles. The van der Waals surface area contributed by atoms with E-state index >= 15 is 0 Å². The molecule has 0 bridgehead atoms. The largest absolute Gasteiger partial charge is 0.454 e. The minimum atomic E-state index is -0.451. The third-order valence-electron chi connectivity index (χ3n) is 5.10. The summed E-state index contributed by atoms with van der Waals surface area (Å²) in [4.78, 5) is 27.0. The van der Waals surface area contributed by atoms with E-state index in [4.69, 9.17) is 14.2 Å². The highest BCUT2D eigenvalue weighted by Crippen LogP contribution is 2.39. The van der Waals surface area contributed by atoms with E-state index < -0.39 is 6.03 Å². The van der Waals surface area contributed by atoms with Gasteiger partial charge in [0.25, 0.3) is 5.91 Å². The highest BCUT2D eigenvalue weighted by molar-refractivity contribution is 6.10. The molecule has 0 aliphatic carbocycles. The number of nitrogens with zero attached hydrogens (tertiary/aromatic N) is 1. The van der Waals surface area contributed by atoms with Crippen molar-refractivity contribution in [2.75, 3.05) is 29.4 Å². The number of amides is 3. The molecule has 8 nitrogen and oxygen atoms in total. The van der Waals surface area contributed by atoms with E-state index in [9.17, 15) is 9.59 Å². The molecular weight excluding hydrogens is 398 g/mol. The number of carbonyl (C=O) groups excluding carboxylic acids is 2. The van der Waals surface area contributed by atoms with Crippen LogP contribution >= 0.6 is 0 Å². The number of fused-ring (bicyclic) bond motifs is 3. The molecule has 2 N–H and O–H groups in total. The van der Waals surface area contributed by atoms with Gasteiger partial charge in [-0.25, -0.2) is 4.79 Å². The third kappa shape index (κ3) is 3.48. The zero-order valence-electron chi connectivity index (χ0n) is 16.9. The predicted octanol–water partition coefficient (Wildman–Crippen LogP) is 4.75. The standard InChI is InChI=1S/C23H19N3O5/c1-13-3-6-19-17(9-13)26(2)22(27)16-10-14(4-7-18(16)31-19)24-23(28)25-15-5-8-20-21(11-15)30-12-29-20/h3-11H,12H2,1-2H3,(H2,24,25,28). The second-order valence-electron chi connectivity index (χ2n) is 7.30. The fourth-order valence-electron chi connectivity index (χ4n) is 3.52. The van der Waals surface area contributed by atoms with Crippen molar-refractivity contribution in [3.05, 3.63) is 65.7 Å². The number of hydrogen-bond acceptors (Lipinski definition) is 5. The lowest BCUT2D eigenvalue weighted by Gasteiger charge is -2.16. The molecule has 0 radical (unpaired) electrons. The molecular formula is C23H19N3O5. The van der Waals surface area contributed by atoms with Crippen molar-refractivity contribution in [2.45, 2.75) is 6.92 Å². The number of nitrogens with one attached hydrogen (secondary N) is 2. The van der Waals surface area contributed by atoms with Crippen LogP contribution in [0, 0.1) is 6.92 Å². The Bertz CT molecular complexity index is 1220. The van der Waals surface area contributed by atoms with Gasteiger partial charge in [0.15, 0.2) is 17.2 Å². The smallest absolute Gasteiger partial charge is 0.323 e. The van der Waals surface area contributed by atoms with E-state index in [1.165, 1.54) is 0 Å². The Morgan fingerprint density at radius 1 is 0.871 bits per heavy atom. The number of carbonyl (C=O) groups is 2. The zero-order valence-corrected chi connectivity index (χ0v) is 16.9. The van der Waals surface area contributed by atoms with Crippen LogP contribution in [0.4, 0.5) is 21.9 Å². The van der Waals surface area contributed by atoms with Crippen LogP contribution in [0.15, 0.2) is 54.6 Å². The molecule has 0 atom stereocenters. The Hall–Kier alpha value is -4.20. The van der Waals surface area contributed by atoms with E-state index in [2.05, 4.69) is 10.6 Å². The molecule has 0 fully saturated rings. The zero-order chi connectivity index (χ0) is 21.5. The summed E-state index contributed by atoms with van der Waals surface area (Å²) in [6.45, 7) is 2.12. The molecule has 0 saturated carbocycles. The topological polar surface area (TPSA) is 89.1 Å². The first kappa shape index (κ1) is 18.8. The van der Waals surface area contributed by atoms with Crippen molar-refractivity contribution in [3.63, 3.8) is 0 Å². The van der Waals surface area contributed by atoms with E-state index in [1.54, 1.807) is 48.3 Å². The Morgan fingerprint density at radius 3 is 2.35 bits per heavy atom. The average molecular weight is 417 g/mol. The number of benzene rings is 3. The molecule has 0 aromatic heterocycles. The summed E-state index contributed by atoms with van der Waals surface area (Å²) < 4.78 is 16.6. The minimum Gasteiger partial charge on any atom is -0.454 e. The summed E-state index contributed by atoms with van der Waals surface area (Å²) >= 11 is 0. The molecule has 0 spiro atoms. The third-order valence-corrected chi connectivity index (χ3v) is 5.10. The first-order valence-electron chi connectivity index (χ1n) is 9.66. The fourth-order valence-corrected chi connectivity index (χ4v) is 3.52. The maximum atomic E-state index is 13.0. The van der Waals surface area contributed by atoms with Gasteiger partial charge in [-0.2, -0.15) is 0 Å². The molecule has 2 heterocycles. The molecule has 2 aliphatic heterocycles. The summed E-state index contributed by atoms with van der Waals surface area (Å²) in [5, 5.41) is 5.49. The van der Waals surface area contributed by atoms with Gasteiger partial charge in [0, 0.05) is 24.5 Å². The summed E-state index contributed by atoms with van der Waals surface area (Å²) in [6, 6.07) is 15.3. The maximum Gasteiger partial charge on any atom is 0.323 e. The Balaban J connectivity index is 1.36. The summed E-state index contributed by atoms with van der Waals surface area (Å²) in [5.74, 6) is 2.01. The van der Waals surface area contributed by atoms with Crippen LogP contribution in [0.3, 0.4) is 0 Å². The first-order chi connectivity index (χ1) is 15.0. The van der Waals surface area contributed by atoms with Gasteiger partial charge in [-0.05, 0) is 55.0 Å². The van der Waals surface area contributed by atoms with Gasteiger partial charge in [-0.1, -0.05) is 6.07 Å². The first-order valence-corrected chi connectivity index (χ1v) is 9.66. The van der Waals surface area contributed by atoms with Crippen LogP contribution < -0.4 is 29.7 Å². The molecule has 0 saturated heterocycles. The van der Waals surface area contributed by atoms with E-state index in [-0.39, 0.29) is 12.7 Å². The molecule has 31 heavy (non-hydrogen) atoms. The van der Waals surface area contributed by atoms with Crippen molar-refractivity contribution >= 4 is 29.0 Å². The monoisotopic (exact) mass is 417 g/mol. The second kappa shape index (κ2) is 7.24. The van der Waals surface area contributed by atoms with Gasteiger partial charge in [0.1, 0.15) is 5.75 Å². The van der Waals surface area contributed by atoms with Crippen LogP contribution in [-0.2, 0) is 0 Å². The van der Waals surface area contributed by atoms with Crippen LogP contribution in [-0.4, -0.2) is 25.8 Å². The number of urea groups is 1. The number of hydrogen-bond donors (Lipinski definition) is 2. The van der Waals surface area contributed by atoms with Gasteiger partial charge in [-0.15, -0.1) is 0 Å². The van der Waals surface area contributed by atoms with Crippen LogP contribution in [0.25, 0.3) is 0 Å². The number of aryl methyl sites for hydroxylation is 1.